The Labute approximate surface area is 270 Å². The van der Waals surface area contributed by atoms with Gasteiger partial charge in [-0.25, -0.2) is 18.9 Å². The second-order valence-corrected chi connectivity index (χ2v) is 14.8. The van der Waals surface area contributed by atoms with Crippen molar-refractivity contribution in [1.29, 1.82) is 5.26 Å². The van der Waals surface area contributed by atoms with Gasteiger partial charge in [0, 0.05) is 37.1 Å². The predicted molar refractivity (Wildman–Crippen MR) is 170 cm³/mol. The van der Waals surface area contributed by atoms with E-state index >= 15 is 4.39 Å². The number of likely N-dealkylation sites (N-methyl/N-ethyl adjacent to an activating group) is 1. The van der Waals surface area contributed by atoms with Crippen molar-refractivity contribution < 1.29 is 23.5 Å². The van der Waals surface area contributed by atoms with Gasteiger partial charge in [0.15, 0.2) is 17.2 Å². The molecule has 2 atom stereocenters. The van der Waals surface area contributed by atoms with Crippen LogP contribution in [0.2, 0.25) is 0 Å². The third kappa shape index (κ3) is 6.70. The first-order chi connectivity index (χ1) is 21.0. The van der Waals surface area contributed by atoms with Crippen molar-refractivity contribution in [2.24, 2.45) is 0 Å². The van der Waals surface area contributed by atoms with E-state index in [4.69, 9.17) is 14.5 Å². The lowest BCUT2D eigenvalue weighted by molar-refractivity contribution is -0.156. The monoisotopic (exact) mass is 686 g/mol. The van der Waals surface area contributed by atoms with Crippen molar-refractivity contribution in [3.8, 4) is 6.07 Å². The average molecular weight is 688 g/mol. The number of anilines is 1. The fraction of sp³-hybridized carbons (Fsp3) is 0.613. The molecule has 0 saturated carbocycles. The van der Waals surface area contributed by atoms with Gasteiger partial charge < -0.3 is 24.2 Å². The number of halogens is 2. The van der Waals surface area contributed by atoms with E-state index in [1.807, 2.05) is 19.0 Å². The number of ether oxygens (including phenoxy) is 2. The highest BCUT2D eigenvalue weighted by Gasteiger charge is 2.39. The molecule has 0 bridgehead atoms. The number of nitriles is 1. The molecule has 0 aliphatic carbocycles. The summed E-state index contributed by atoms with van der Waals surface area (Å²) < 4.78 is 28.9. The van der Waals surface area contributed by atoms with Crippen molar-refractivity contribution in [2.75, 3.05) is 38.6 Å². The first kappa shape index (κ1) is 32.8. The van der Waals surface area contributed by atoms with E-state index in [1.54, 1.807) is 57.2 Å². The number of hydrogen-bond acceptors (Lipinski definition) is 10. The number of hydrogen-bond donors (Lipinski definition) is 0. The van der Waals surface area contributed by atoms with Gasteiger partial charge in [-0.05, 0) is 90.5 Å². The number of esters is 1. The number of benzene rings is 1. The molecule has 3 aromatic rings. The molecule has 0 radical (unpaired) electrons. The molecule has 2 aliphatic heterocycles. The summed E-state index contributed by atoms with van der Waals surface area (Å²) >= 11 is 3.24. The maximum absolute atomic E-state index is 15.8. The van der Waals surface area contributed by atoms with Crippen molar-refractivity contribution >= 4 is 55.7 Å². The number of aromatic nitrogens is 4. The van der Waals surface area contributed by atoms with Gasteiger partial charge in [0.25, 0.3) is 0 Å². The summed E-state index contributed by atoms with van der Waals surface area (Å²) in [4.78, 5) is 36.8. The van der Waals surface area contributed by atoms with Crippen molar-refractivity contribution in [3.05, 3.63) is 21.9 Å². The van der Waals surface area contributed by atoms with E-state index in [0.717, 1.165) is 0 Å². The minimum Gasteiger partial charge on any atom is -0.460 e. The van der Waals surface area contributed by atoms with Gasteiger partial charge in [0.2, 0.25) is 0 Å². The first-order valence-electron chi connectivity index (χ1n) is 15.1. The largest absolute Gasteiger partial charge is 0.460 e. The summed E-state index contributed by atoms with van der Waals surface area (Å²) in [6, 6.07) is 3.13. The Balaban J connectivity index is 1.59. The molecule has 12 nitrogen and oxygen atoms in total. The van der Waals surface area contributed by atoms with Gasteiger partial charge in [-0.15, -0.1) is 5.10 Å². The summed E-state index contributed by atoms with van der Waals surface area (Å²) in [5.41, 5.74) is -0.111. The topological polar surface area (TPSA) is 130 Å². The molecule has 0 spiro atoms. The third-order valence-corrected chi connectivity index (χ3v) is 8.83. The van der Waals surface area contributed by atoms with Crippen molar-refractivity contribution in [2.45, 2.75) is 90.1 Å². The van der Waals surface area contributed by atoms with Gasteiger partial charge in [-0.1, -0.05) is 5.21 Å². The lowest BCUT2D eigenvalue weighted by Crippen LogP contribution is -2.57. The normalized spacial score (nSPS) is 19.6. The van der Waals surface area contributed by atoms with Crippen molar-refractivity contribution in [3.63, 3.8) is 0 Å². The van der Waals surface area contributed by atoms with Crippen LogP contribution in [0.15, 0.2) is 10.5 Å². The number of pyridine rings is 1. The zero-order valence-corrected chi connectivity index (χ0v) is 28.6. The molecule has 2 saturated heterocycles. The minimum absolute atomic E-state index is 0.0347. The summed E-state index contributed by atoms with van der Waals surface area (Å²) in [5.74, 6) is -0.540. The van der Waals surface area contributed by atoms with Crippen LogP contribution in [0.3, 0.4) is 0 Å². The van der Waals surface area contributed by atoms with E-state index in [9.17, 15) is 14.9 Å². The molecule has 5 rings (SSSR count). The minimum atomic E-state index is -0.714. The van der Waals surface area contributed by atoms with Crippen LogP contribution in [-0.4, -0.2) is 98.9 Å². The highest BCUT2D eigenvalue weighted by Crippen LogP contribution is 2.40. The molecular formula is C31H40BrFN8O4. The van der Waals surface area contributed by atoms with E-state index in [0.29, 0.717) is 60.8 Å². The van der Waals surface area contributed by atoms with Crippen LogP contribution in [0, 0.1) is 17.1 Å². The van der Waals surface area contributed by atoms with Crippen LogP contribution >= 0.6 is 15.9 Å². The van der Waals surface area contributed by atoms with Gasteiger partial charge in [-0.3, -0.25) is 4.79 Å². The molecule has 14 heteroatoms. The maximum atomic E-state index is 15.8. The number of rotatable bonds is 5. The van der Waals surface area contributed by atoms with Gasteiger partial charge in [0.1, 0.15) is 28.3 Å². The second-order valence-electron chi connectivity index (χ2n) is 14.0. The Bertz CT molecular complexity index is 1680. The quantitative estimate of drug-likeness (QED) is 0.331. The number of carbonyl (C=O) groups is 2. The highest BCUT2D eigenvalue weighted by molar-refractivity contribution is 9.10. The summed E-state index contributed by atoms with van der Waals surface area (Å²) in [7, 11) is 4.03. The van der Waals surface area contributed by atoms with Gasteiger partial charge in [-0.2, -0.15) is 5.26 Å². The Hall–Kier alpha value is -3.57. The van der Waals surface area contributed by atoms with Crippen LogP contribution in [0.4, 0.5) is 15.0 Å². The van der Waals surface area contributed by atoms with E-state index in [1.165, 1.54) is 0 Å². The second kappa shape index (κ2) is 12.0. The lowest BCUT2D eigenvalue weighted by atomic mass is 9.94. The Morgan fingerprint density at radius 2 is 1.80 bits per heavy atom. The van der Waals surface area contributed by atoms with Crippen LogP contribution in [-0.2, 0) is 14.3 Å². The van der Waals surface area contributed by atoms with Crippen molar-refractivity contribution in [1.82, 2.24) is 29.8 Å². The molecule has 1 aromatic carbocycles. The molecule has 0 unspecified atom stereocenters. The molecule has 2 aromatic heterocycles. The van der Waals surface area contributed by atoms with E-state index < -0.39 is 35.1 Å². The highest BCUT2D eigenvalue weighted by atomic mass is 79.9. The summed E-state index contributed by atoms with van der Waals surface area (Å²) in [5, 5.41) is 19.3. The fourth-order valence-corrected chi connectivity index (χ4v) is 6.25. The number of likely N-dealkylation sites (tertiary alicyclic amines) is 1. The standard InChI is InChI=1S/C31H40BrFN8O4/c1-30(2,3)44-22(42)13-19-12-18(9-10-40(19)29(43)45-31(4,5)6)41-27-21-11-17(14-34)23(32)24(33)25(21)35-28(26(27)36-37-41)39-15-20(16-39)38(7)8/h11,18-20H,9-10,12-13,15-16H2,1-8H3/t18-,19-/m0/s1. The smallest absolute Gasteiger partial charge is 0.410 e. The number of nitrogens with zero attached hydrogens (tertiary/aromatic N) is 8. The molecule has 1 amide bonds. The zero-order valence-electron chi connectivity index (χ0n) is 27.0. The number of carbonyl (C=O) groups excluding carboxylic acids is 2. The molecule has 0 N–H and O–H groups in total. The maximum Gasteiger partial charge on any atom is 0.410 e. The van der Waals surface area contributed by atoms with Crippen LogP contribution in [0.5, 0.6) is 0 Å². The molecule has 2 aliphatic rings. The summed E-state index contributed by atoms with van der Waals surface area (Å²) in [6.45, 7) is 12.5. The molecule has 45 heavy (non-hydrogen) atoms. The van der Waals surface area contributed by atoms with Crippen LogP contribution in [0.1, 0.15) is 72.4 Å². The fourth-order valence-electron chi connectivity index (χ4n) is 5.85. The van der Waals surface area contributed by atoms with Gasteiger partial charge in [0.05, 0.1) is 22.5 Å². The van der Waals surface area contributed by atoms with E-state index in [2.05, 4.69) is 37.2 Å². The first-order valence-corrected chi connectivity index (χ1v) is 15.9. The Morgan fingerprint density at radius 1 is 1.13 bits per heavy atom. The zero-order chi connectivity index (χ0) is 33.0. The molecular weight excluding hydrogens is 647 g/mol. The number of piperidine rings is 1. The lowest BCUT2D eigenvalue weighted by Gasteiger charge is -2.43. The van der Waals surface area contributed by atoms with E-state index in [-0.39, 0.29) is 28.0 Å². The Morgan fingerprint density at radius 3 is 2.40 bits per heavy atom. The number of amides is 1. The molecule has 2 fully saturated rings. The summed E-state index contributed by atoms with van der Waals surface area (Å²) in [6.07, 6.45) is 0.298. The third-order valence-electron chi connectivity index (χ3n) is 8.06. The number of fused-ring (bicyclic) bond motifs is 3. The van der Waals surface area contributed by atoms with Gasteiger partial charge >= 0.3 is 12.1 Å². The molecule has 242 valence electrons. The molecule has 4 heterocycles. The average Bonchev–Trinajstić information content (AvgIpc) is 3.33. The van der Waals surface area contributed by atoms with Crippen LogP contribution < -0.4 is 4.90 Å². The van der Waals surface area contributed by atoms with Crippen LogP contribution in [0.25, 0.3) is 21.9 Å². The predicted octanol–water partition coefficient (Wildman–Crippen LogP) is 5.18. The SMILES string of the molecule is CN(C)C1CN(c2nc3c(F)c(Br)c(C#N)cc3c3c2nnn3[C@H]2CCN(C(=O)OC(C)(C)C)[C@H](CC(=O)OC(C)(C)C)C2)C1. The Kier molecular flexibility index (Phi) is 8.74.